The van der Waals surface area contributed by atoms with Gasteiger partial charge in [-0.2, -0.15) is 0 Å². The van der Waals surface area contributed by atoms with Gasteiger partial charge in [0.05, 0.1) is 23.9 Å². The summed E-state index contributed by atoms with van der Waals surface area (Å²) in [5.41, 5.74) is 5.51. The highest BCUT2D eigenvalue weighted by molar-refractivity contribution is 6.04. The van der Waals surface area contributed by atoms with Gasteiger partial charge in [-0.1, -0.05) is 50.2 Å². The number of anilines is 1. The minimum Gasteiger partial charge on any atom is -0.465 e. The van der Waals surface area contributed by atoms with E-state index >= 15 is 0 Å². The third-order valence-electron chi connectivity index (χ3n) is 4.73. The van der Waals surface area contributed by atoms with Crippen molar-refractivity contribution in [2.45, 2.75) is 20.8 Å². The lowest BCUT2D eigenvalue weighted by molar-refractivity contribution is -0.114. The number of nitrogens with one attached hydrogen (secondary N) is 1. The van der Waals surface area contributed by atoms with Crippen LogP contribution in [0.4, 0.5) is 5.69 Å². The fourth-order valence-corrected chi connectivity index (χ4v) is 3.28. The minimum absolute atomic E-state index is 0.0999. The van der Waals surface area contributed by atoms with Crippen molar-refractivity contribution in [3.63, 3.8) is 0 Å². The molecule has 0 radical (unpaired) electrons. The van der Waals surface area contributed by atoms with Crippen LogP contribution in [0.25, 0.3) is 33.3 Å². The molecule has 1 amide bonds. The number of carbonyl (C=O) groups excluding carboxylic acids is 2. The highest BCUT2D eigenvalue weighted by atomic mass is 16.5. The first-order valence-corrected chi connectivity index (χ1v) is 10.4. The lowest BCUT2D eigenvalue weighted by Gasteiger charge is -2.09. The van der Waals surface area contributed by atoms with Crippen LogP contribution in [-0.4, -0.2) is 29.0 Å². The quantitative estimate of drug-likeness (QED) is 0.420. The molecule has 0 bridgehead atoms. The van der Waals surface area contributed by atoms with Gasteiger partial charge in [0.25, 0.3) is 0 Å². The zero-order valence-corrected chi connectivity index (χ0v) is 18.5. The van der Waals surface area contributed by atoms with Crippen LogP contribution >= 0.6 is 0 Å². The summed E-state index contributed by atoms with van der Waals surface area (Å²) >= 11 is 0. The molecule has 32 heavy (non-hydrogen) atoms. The molecule has 0 aliphatic rings. The number of benzene rings is 2. The second kappa shape index (κ2) is 10.3. The van der Waals surface area contributed by atoms with Crippen molar-refractivity contribution < 1.29 is 14.3 Å². The number of amides is 1. The fourth-order valence-electron chi connectivity index (χ4n) is 3.28. The molecule has 2 heterocycles. The summed E-state index contributed by atoms with van der Waals surface area (Å²) in [5.74, 6) is -0.523. The normalized spacial score (nSPS) is 10.1. The molecule has 2 aromatic carbocycles. The van der Waals surface area contributed by atoms with Crippen LogP contribution in [0.1, 0.15) is 31.1 Å². The van der Waals surface area contributed by atoms with Crippen LogP contribution in [0.15, 0.2) is 73.1 Å². The molecule has 162 valence electrons. The van der Waals surface area contributed by atoms with Gasteiger partial charge in [-0.3, -0.25) is 9.78 Å². The molecular weight excluding hydrogens is 402 g/mol. The van der Waals surface area contributed by atoms with Crippen LogP contribution in [0.2, 0.25) is 0 Å². The molecule has 2 aromatic heterocycles. The first-order valence-electron chi connectivity index (χ1n) is 10.4. The van der Waals surface area contributed by atoms with Crippen molar-refractivity contribution in [2.75, 3.05) is 12.4 Å². The van der Waals surface area contributed by atoms with Crippen molar-refractivity contribution in [3.8, 4) is 22.4 Å². The number of carbonyl (C=O) groups is 2. The largest absolute Gasteiger partial charge is 0.465 e. The third kappa shape index (κ3) is 4.98. The maximum atomic E-state index is 12.2. The average molecular weight is 428 g/mol. The SMILES string of the molecule is CC.COC(=O)c1cc(-c2ccc(-c3ccc(NC(C)=O)cc3)cc2)nc2ccncc12. The second-order valence-corrected chi connectivity index (χ2v) is 6.78. The predicted molar refractivity (Wildman–Crippen MR) is 127 cm³/mol. The van der Waals surface area contributed by atoms with E-state index in [-0.39, 0.29) is 5.91 Å². The van der Waals surface area contributed by atoms with Gasteiger partial charge in [0.15, 0.2) is 0 Å². The van der Waals surface area contributed by atoms with Gasteiger partial charge >= 0.3 is 5.97 Å². The number of fused-ring (bicyclic) bond motifs is 1. The molecule has 1 N–H and O–H groups in total. The van der Waals surface area contributed by atoms with E-state index in [1.807, 2.05) is 62.4 Å². The van der Waals surface area contributed by atoms with Gasteiger partial charge in [-0.05, 0) is 35.4 Å². The lowest BCUT2D eigenvalue weighted by atomic mass is 10.0. The monoisotopic (exact) mass is 427 g/mol. The number of nitrogens with zero attached hydrogens (tertiary/aromatic N) is 2. The molecular formula is C26H25N3O3. The number of pyridine rings is 2. The number of hydrogen-bond donors (Lipinski definition) is 1. The number of ether oxygens (including phenoxy) is 1. The highest BCUT2D eigenvalue weighted by Crippen LogP contribution is 2.28. The molecule has 0 saturated carbocycles. The molecule has 0 spiro atoms. The molecule has 0 fully saturated rings. The molecule has 6 nitrogen and oxygen atoms in total. The zero-order valence-electron chi connectivity index (χ0n) is 18.5. The maximum Gasteiger partial charge on any atom is 0.338 e. The van der Waals surface area contributed by atoms with Gasteiger partial charge in [0.1, 0.15) is 0 Å². The first-order chi connectivity index (χ1) is 15.5. The molecule has 4 aromatic rings. The van der Waals surface area contributed by atoms with Crippen LogP contribution in [-0.2, 0) is 9.53 Å². The Morgan fingerprint density at radius 3 is 2.06 bits per heavy atom. The number of hydrogen-bond acceptors (Lipinski definition) is 5. The number of rotatable bonds is 4. The van der Waals surface area contributed by atoms with E-state index in [1.54, 1.807) is 24.5 Å². The average Bonchev–Trinajstić information content (AvgIpc) is 2.84. The predicted octanol–water partition coefficient (Wildman–Crippen LogP) is 5.74. The Labute approximate surface area is 187 Å². The Bertz CT molecular complexity index is 1230. The van der Waals surface area contributed by atoms with Crippen molar-refractivity contribution in [1.82, 2.24) is 9.97 Å². The Hall–Kier alpha value is -4.06. The van der Waals surface area contributed by atoms with E-state index in [2.05, 4.69) is 15.3 Å². The summed E-state index contributed by atoms with van der Waals surface area (Å²) in [4.78, 5) is 32.2. The van der Waals surface area contributed by atoms with E-state index in [9.17, 15) is 9.59 Å². The minimum atomic E-state index is -0.424. The molecule has 0 unspecified atom stereocenters. The van der Waals surface area contributed by atoms with Gasteiger partial charge in [-0.25, -0.2) is 9.78 Å². The van der Waals surface area contributed by atoms with E-state index in [0.29, 0.717) is 22.2 Å². The Morgan fingerprint density at radius 1 is 0.875 bits per heavy atom. The van der Waals surface area contributed by atoms with Crippen molar-refractivity contribution in [1.29, 1.82) is 0 Å². The summed E-state index contributed by atoms with van der Waals surface area (Å²) in [6, 6.07) is 19.1. The number of aromatic nitrogens is 2. The fraction of sp³-hybridized carbons (Fsp3) is 0.154. The molecule has 0 saturated heterocycles. The standard InChI is InChI=1S/C24H19N3O3.C2H6/c1-15(28)26-19-9-7-17(8-10-19)16-3-5-18(6-4-16)23-13-20(24(29)30-2)21-14-25-12-11-22(21)27-23;1-2/h3-14H,1-2H3,(H,26,28);1-2H3. The van der Waals surface area contributed by atoms with Gasteiger partial charge < -0.3 is 10.1 Å². The zero-order chi connectivity index (χ0) is 23.1. The van der Waals surface area contributed by atoms with Crippen molar-refractivity contribution in [2.24, 2.45) is 0 Å². The van der Waals surface area contributed by atoms with Crippen LogP contribution in [0.3, 0.4) is 0 Å². The lowest BCUT2D eigenvalue weighted by Crippen LogP contribution is -2.05. The number of esters is 1. The molecule has 0 aliphatic carbocycles. The number of methoxy groups -OCH3 is 1. The molecule has 0 aliphatic heterocycles. The molecule has 0 atom stereocenters. The van der Waals surface area contributed by atoms with Gasteiger partial charge in [0.2, 0.25) is 5.91 Å². The Morgan fingerprint density at radius 2 is 1.47 bits per heavy atom. The first kappa shape index (κ1) is 22.6. The van der Waals surface area contributed by atoms with E-state index in [4.69, 9.17) is 4.74 Å². The van der Waals surface area contributed by atoms with Crippen LogP contribution in [0.5, 0.6) is 0 Å². The summed E-state index contributed by atoms with van der Waals surface area (Å²) in [6.45, 7) is 5.48. The topological polar surface area (TPSA) is 81.2 Å². The Kier molecular flexibility index (Phi) is 7.29. The van der Waals surface area contributed by atoms with Crippen LogP contribution in [0, 0.1) is 0 Å². The van der Waals surface area contributed by atoms with E-state index in [1.165, 1.54) is 14.0 Å². The van der Waals surface area contributed by atoms with Gasteiger partial charge in [-0.15, -0.1) is 0 Å². The van der Waals surface area contributed by atoms with E-state index in [0.717, 1.165) is 22.4 Å². The Balaban J connectivity index is 0.00000141. The smallest absolute Gasteiger partial charge is 0.338 e. The highest BCUT2D eigenvalue weighted by Gasteiger charge is 2.14. The van der Waals surface area contributed by atoms with Crippen LogP contribution < -0.4 is 5.32 Å². The maximum absolute atomic E-state index is 12.2. The molecule has 4 rings (SSSR count). The van der Waals surface area contributed by atoms with Gasteiger partial charge in [0, 0.05) is 36.0 Å². The summed E-state index contributed by atoms with van der Waals surface area (Å²) in [6.07, 6.45) is 3.26. The summed E-state index contributed by atoms with van der Waals surface area (Å²) < 4.78 is 4.93. The second-order valence-electron chi connectivity index (χ2n) is 6.78. The van der Waals surface area contributed by atoms with E-state index < -0.39 is 5.97 Å². The third-order valence-corrected chi connectivity index (χ3v) is 4.73. The van der Waals surface area contributed by atoms with Crippen molar-refractivity contribution in [3.05, 3.63) is 78.6 Å². The molecule has 6 heteroatoms. The summed E-state index contributed by atoms with van der Waals surface area (Å²) in [7, 11) is 1.36. The van der Waals surface area contributed by atoms with Crippen molar-refractivity contribution >= 4 is 28.5 Å². The summed E-state index contributed by atoms with van der Waals surface area (Å²) in [5, 5.41) is 3.41.